The summed E-state index contributed by atoms with van der Waals surface area (Å²) in [7, 11) is 1.62. The van der Waals surface area contributed by atoms with Gasteiger partial charge >= 0.3 is 0 Å². The van der Waals surface area contributed by atoms with E-state index in [-0.39, 0.29) is 23.8 Å². The molecule has 1 heterocycles. The molecule has 2 aromatic carbocycles. The van der Waals surface area contributed by atoms with Gasteiger partial charge in [-0.15, -0.1) is 10.2 Å². The molecule has 0 bridgehead atoms. The number of thioether (sulfide) groups is 1. The average molecular weight is 469 g/mol. The number of methoxy groups -OCH3 is 1. The SMILES string of the molecule is COc1ccccc1OC(C)c1nnc(SCC(=O)NC(C)c2ccccc2)n1CC(C)C. The first-order valence-electron chi connectivity index (χ1n) is 11.1. The Morgan fingerprint density at radius 3 is 2.33 bits per heavy atom. The van der Waals surface area contributed by atoms with Crippen LogP contribution in [0.25, 0.3) is 0 Å². The van der Waals surface area contributed by atoms with Gasteiger partial charge in [0.05, 0.1) is 18.9 Å². The topological polar surface area (TPSA) is 78.3 Å². The molecule has 0 saturated carbocycles. The summed E-state index contributed by atoms with van der Waals surface area (Å²) in [6.07, 6.45) is -0.339. The third-order valence-corrected chi connectivity index (χ3v) is 6.01. The van der Waals surface area contributed by atoms with Gasteiger partial charge in [0, 0.05) is 6.54 Å². The lowest BCUT2D eigenvalue weighted by atomic mass is 10.1. The zero-order valence-electron chi connectivity index (χ0n) is 19.8. The van der Waals surface area contributed by atoms with Crippen LogP contribution in [0.5, 0.6) is 11.5 Å². The van der Waals surface area contributed by atoms with Crippen LogP contribution in [0.15, 0.2) is 59.8 Å². The predicted molar refractivity (Wildman–Crippen MR) is 131 cm³/mol. The fraction of sp³-hybridized carbons (Fsp3) is 0.400. The fourth-order valence-corrected chi connectivity index (χ4v) is 4.21. The van der Waals surface area contributed by atoms with Crippen molar-refractivity contribution in [2.45, 2.75) is 51.5 Å². The van der Waals surface area contributed by atoms with Crippen LogP contribution in [0.2, 0.25) is 0 Å². The van der Waals surface area contributed by atoms with Gasteiger partial charge in [-0.2, -0.15) is 0 Å². The number of nitrogens with zero attached hydrogens (tertiary/aromatic N) is 3. The summed E-state index contributed by atoms with van der Waals surface area (Å²) in [6.45, 7) is 8.92. The number of aromatic nitrogens is 3. The number of nitrogens with one attached hydrogen (secondary N) is 1. The molecule has 0 radical (unpaired) electrons. The Bertz CT molecular complexity index is 1040. The van der Waals surface area contributed by atoms with Crippen molar-refractivity contribution in [1.82, 2.24) is 20.1 Å². The molecule has 0 aliphatic rings. The first-order valence-corrected chi connectivity index (χ1v) is 12.1. The molecule has 176 valence electrons. The summed E-state index contributed by atoms with van der Waals surface area (Å²) in [4.78, 5) is 12.6. The van der Waals surface area contributed by atoms with Gasteiger partial charge < -0.3 is 19.4 Å². The maximum absolute atomic E-state index is 12.6. The summed E-state index contributed by atoms with van der Waals surface area (Å²) in [6, 6.07) is 17.4. The number of benzene rings is 2. The number of hydrogen-bond acceptors (Lipinski definition) is 6. The molecular formula is C25H32N4O3S. The minimum absolute atomic E-state index is 0.0460. The highest BCUT2D eigenvalue weighted by atomic mass is 32.2. The fourth-order valence-electron chi connectivity index (χ4n) is 3.44. The number of carbonyl (C=O) groups excluding carboxylic acids is 1. The van der Waals surface area contributed by atoms with Crippen LogP contribution < -0.4 is 14.8 Å². The van der Waals surface area contributed by atoms with Crippen molar-refractivity contribution in [2.24, 2.45) is 5.92 Å². The molecular weight excluding hydrogens is 436 g/mol. The first-order chi connectivity index (χ1) is 15.9. The minimum Gasteiger partial charge on any atom is -0.493 e. The molecule has 1 aromatic heterocycles. The molecule has 1 amide bonds. The van der Waals surface area contributed by atoms with Gasteiger partial charge in [-0.25, -0.2) is 0 Å². The summed E-state index contributed by atoms with van der Waals surface area (Å²) >= 11 is 1.38. The van der Waals surface area contributed by atoms with Crippen LogP contribution in [-0.2, 0) is 11.3 Å². The van der Waals surface area contributed by atoms with E-state index < -0.39 is 0 Å². The second kappa shape index (κ2) is 11.7. The molecule has 2 unspecified atom stereocenters. The number of hydrogen-bond donors (Lipinski definition) is 1. The van der Waals surface area contributed by atoms with E-state index in [0.29, 0.717) is 22.6 Å². The third kappa shape index (κ3) is 6.74. The Morgan fingerprint density at radius 1 is 1.00 bits per heavy atom. The highest BCUT2D eigenvalue weighted by Crippen LogP contribution is 2.31. The summed E-state index contributed by atoms with van der Waals surface area (Å²) < 4.78 is 13.6. The standard InChI is InChI=1S/C25H32N4O3S/c1-17(2)15-29-24(19(4)32-22-14-10-9-13-21(22)31-5)27-28-25(29)33-16-23(30)26-18(3)20-11-7-6-8-12-20/h6-14,17-19H,15-16H2,1-5H3,(H,26,30). The number of ether oxygens (including phenoxy) is 2. The normalized spacial score (nSPS) is 12.9. The van der Waals surface area contributed by atoms with E-state index in [9.17, 15) is 4.79 Å². The lowest BCUT2D eigenvalue weighted by molar-refractivity contribution is -0.119. The number of carbonyl (C=O) groups is 1. The van der Waals surface area contributed by atoms with Crippen molar-refractivity contribution in [1.29, 1.82) is 0 Å². The highest BCUT2D eigenvalue weighted by Gasteiger charge is 2.22. The molecule has 0 saturated heterocycles. The van der Waals surface area contributed by atoms with Crippen LogP contribution >= 0.6 is 11.8 Å². The molecule has 0 aliphatic carbocycles. The minimum atomic E-state index is -0.339. The second-order valence-electron chi connectivity index (χ2n) is 8.24. The Balaban J connectivity index is 1.69. The van der Waals surface area contributed by atoms with Gasteiger partial charge in [-0.3, -0.25) is 4.79 Å². The summed E-state index contributed by atoms with van der Waals surface area (Å²) in [5, 5.41) is 12.5. The molecule has 0 fully saturated rings. The van der Waals surface area contributed by atoms with Crippen LogP contribution in [0, 0.1) is 5.92 Å². The largest absolute Gasteiger partial charge is 0.493 e. The Labute approximate surface area is 199 Å². The van der Waals surface area contributed by atoms with Crippen LogP contribution in [0.1, 0.15) is 51.2 Å². The molecule has 1 N–H and O–H groups in total. The van der Waals surface area contributed by atoms with Crippen molar-refractivity contribution in [3.05, 3.63) is 66.0 Å². The molecule has 3 rings (SSSR count). The third-order valence-electron chi connectivity index (χ3n) is 5.04. The van der Waals surface area contributed by atoms with Crippen LogP contribution in [-0.4, -0.2) is 33.5 Å². The number of rotatable bonds is 11. The van der Waals surface area contributed by atoms with Crippen molar-refractivity contribution in [3.63, 3.8) is 0 Å². The molecule has 8 heteroatoms. The van der Waals surface area contributed by atoms with Gasteiger partial charge in [-0.1, -0.05) is 68.1 Å². The zero-order valence-corrected chi connectivity index (χ0v) is 20.6. The van der Waals surface area contributed by atoms with Crippen LogP contribution in [0.4, 0.5) is 0 Å². The lowest BCUT2D eigenvalue weighted by Crippen LogP contribution is -2.28. The van der Waals surface area contributed by atoms with E-state index in [1.54, 1.807) is 7.11 Å². The maximum atomic E-state index is 12.6. The molecule has 0 aliphatic heterocycles. The predicted octanol–water partition coefficient (Wildman–Crippen LogP) is 5.05. The molecule has 7 nitrogen and oxygen atoms in total. The lowest BCUT2D eigenvalue weighted by Gasteiger charge is -2.19. The molecule has 0 spiro atoms. The van der Waals surface area contributed by atoms with Crippen molar-refractivity contribution in [2.75, 3.05) is 12.9 Å². The summed E-state index contributed by atoms with van der Waals surface area (Å²) in [5.74, 6) is 2.62. The second-order valence-corrected chi connectivity index (χ2v) is 9.19. The Morgan fingerprint density at radius 2 is 1.67 bits per heavy atom. The maximum Gasteiger partial charge on any atom is 0.230 e. The van der Waals surface area contributed by atoms with E-state index in [2.05, 4.69) is 29.4 Å². The first kappa shape index (κ1) is 24.6. The average Bonchev–Trinajstić information content (AvgIpc) is 3.20. The Kier molecular flexibility index (Phi) is 8.77. The van der Waals surface area contributed by atoms with E-state index in [1.165, 1.54) is 11.8 Å². The van der Waals surface area contributed by atoms with E-state index in [0.717, 1.165) is 17.9 Å². The van der Waals surface area contributed by atoms with Crippen molar-refractivity contribution in [3.8, 4) is 11.5 Å². The van der Waals surface area contributed by atoms with Crippen LogP contribution in [0.3, 0.4) is 0 Å². The monoisotopic (exact) mass is 468 g/mol. The Hall–Kier alpha value is -3.00. The zero-order chi connectivity index (χ0) is 23.8. The highest BCUT2D eigenvalue weighted by molar-refractivity contribution is 7.99. The van der Waals surface area contributed by atoms with Gasteiger partial charge in [-0.05, 0) is 37.5 Å². The number of para-hydroxylation sites is 2. The van der Waals surface area contributed by atoms with E-state index in [4.69, 9.17) is 9.47 Å². The van der Waals surface area contributed by atoms with Gasteiger partial charge in [0.1, 0.15) is 0 Å². The number of amides is 1. The van der Waals surface area contributed by atoms with Crippen molar-refractivity contribution >= 4 is 17.7 Å². The van der Waals surface area contributed by atoms with E-state index >= 15 is 0 Å². The van der Waals surface area contributed by atoms with Gasteiger partial charge in [0.25, 0.3) is 0 Å². The van der Waals surface area contributed by atoms with E-state index in [1.807, 2.05) is 73.0 Å². The van der Waals surface area contributed by atoms with Gasteiger partial charge in [0.2, 0.25) is 5.91 Å². The molecule has 2 atom stereocenters. The smallest absolute Gasteiger partial charge is 0.230 e. The summed E-state index contributed by atoms with van der Waals surface area (Å²) in [5.41, 5.74) is 1.07. The molecule has 3 aromatic rings. The quantitative estimate of drug-likeness (QED) is 0.397. The molecule has 33 heavy (non-hydrogen) atoms. The van der Waals surface area contributed by atoms with Crippen molar-refractivity contribution < 1.29 is 14.3 Å². The van der Waals surface area contributed by atoms with Gasteiger partial charge in [0.15, 0.2) is 28.6 Å².